The molecule has 0 saturated carbocycles. The molecule has 3 heterocycles. The van der Waals surface area contributed by atoms with Gasteiger partial charge < -0.3 is 11.1 Å². The lowest BCUT2D eigenvalue weighted by molar-refractivity contribution is -0.121. The summed E-state index contributed by atoms with van der Waals surface area (Å²) in [5.74, 6) is 0.520. The number of aromatic nitrogens is 4. The van der Waals surface area contributed by atoms with Crippen LogP contribution >= 0.6 is 22.9 Å². The van der Waals surface area contributed by atoms with Crippen molar-refractivity contribution in [1.82, 2.24) is 24.9 Å². The van der Waals surface area contributed by atoms with E-state index in [1.54, 1.807) is 15.9 Å². The lowest BCUT2D eigenvalue weighted by Gasteiger charge is -2.14. The number of nitrogens with two attached hydrogens (primary N) is 1. The molecule has 154 valence electrons. The smallest absolute Gasteiger partial charge is 0.254 e. The molecule has 0 aliphatic heterocycles. The number of anilines is 1. The van der Waals surface area contributed by atoms with E-state index in [0.29, 0.717) is 10.8 Å². The van der Waals surface area contributed by atoms with Crippen LogP contribution in [0.15, 0.2) is 36.4 Å². The maximum absolute atomic E-state index is 12.7. The Bertz CT molecular complexity index is 1230. The number of halogens is 1. The highest BCUT2D eigenvalue weighted by molar-refractivity contribution is 7.15. The first kappa shape index (κ1) is 20.3. The fourth-order valence-electron chi connectivity index (χ4n) is 3.36. The van der Waals surface area contributed by atoms with Gasteiger partial charge in [0.1, 0.15) is 0 Å². The number of benzene rings is 1. The Kier molecular flexibility index (Phi) is 5.44. The zero-order chi connectivity index (χ0) is 21.4. The number of amides is 1. The molecule has 0 aliphatic rings. The Hall–Kier alpha value is -2.97. The van der Waals surface area contributed by atoms with Gasteiger partial charge in [0, 0.05) is 31.7 Å². The van der Waals surface area contributed by atoms with Gasteiger partial charge in [-0.15, -0.1) is 16.4 Å². The first-order valence-corrected chi connectivity index (χ1v) is 10.6. The molecule has 9 heteroatoms. The van der Waals surface area contributed by atoms with Gasteiger partial charge in [-0.25, -0.2) is 4.98 Å². The van der Waals surface area contributed by atoms with Crippen molar-refractivity contribution in [1.29, 1.82) is 0 Å². The molecule has 0 radical (unpaired) electrons. The van der Waals surface area contributed by atoms with Crippen LogP contribution in [0.1, 0.15) is 34.8 Å². The summed E-state index contributed by atoms with van der Waals surface area (Å²) in [6, 6.07) is 11.7. The van der Waals surface area contributed by atoms with E-state index in [1.807, 2.05) is 51.1 Å². The SMILES string of the molecule is Cc1nc2nc(N)nn2c(C)c1CC(=O)NC(C)c1ccc(-c2ccc(Cl)cc2)s1. The average Bonchev–Trinajstić information content (AvgIpc) is 3.32. The van der Waals surface area contributed by atoms with Crippen LogP contribution in [-0.2, 0) is 11.2 Å². The minimum atomic E-state index is -0.108. The van der Waals surface area contributed by atoms with E-state index >= 15 is 0 Å². The molecule has 3 aromatic heterocycles. The van der Waals surface area contributed by atoms with Crippen molar-refractivity contribution in [2.75, 3.05) is 5.73 Å². The molecule has 0 aliphatic carbocycles. The van der Waals surface area contributed by atoms with Gasteiger partial charge in [-0.2, -0.15) is 9.50 Å². The predicted octanol–water partition coefficient (Wildman–Crippen LogP) is 4.13. The molecule has 4 rings (SSSR count). The van der Waals surface area contributed by atoms with Crippen LogP contribution in [0.5, 0.6) is 0 Å². The Morgan fingerprint density at radius 1 is 1.20 bits per heavy atom. The molecule has 1 atom stereocenters. The van der Waals surface area contributed by atoms with Crippen molar-refractivity contribution in [2.45, 2.75) is 33.2 Å². The van der Waals surface area contributed by atoms with Gasteiger partial charge in [0.25, 0.3) is 5.78 Å². The predicted molar refractivity (Wildman–Crippen MR) is 120 cm³/mol. The number of hydrogen-bond acceptors (Lipinski definition) is 6. The first-order chi connectivity index (χ1) is 14.3. The van der Waals surface area contributed by atoms with Gasteiger partial charge in [-0.05, 0) is 50.6 Å². The van der Waals surface area contributed by atoms with Gasteiger partial charge in [0.05, 0.1) is 12.5 Å². The van der Waals surface area contributed by atoms with Crippen LogP contribution in [0, 0.1) is 13.8 Å². The molecule has 4 aromatic rings. The number of aryl methyl sites for hydroxylation is 2. The molecule has 0 bridgehead atoms. The van der Waals surface area contributed by atoms with E-state index in [-0.39, 0.29) is 24.3 Å². The zero-order valence-corrected chi connectivity index (χ0v) is 18.4. The lowest BCUT2D eigenvalue weighted by Crippen LogP contribution is -2.28. The summed E-state index contributed by atoms with van der Waals surface area (Å²) < 4.78 is 1.58. The third-order valence-electron chi connectivity index (χ3n) is 4.96. The van der Waals surface area contributed by atoms with Crippen molar-refractivity contribution < 1.29 is 4.79 Å². The quantitative estimate of drug-likeness (QED) is 0.486. The lowest BCUT2D eigenvalue weighted by atomic mass is 10.1. The van der Waals surface area contributed by atoms with Crippen molar-refractivity contribution in [2.24, 2.45) is 0 Å². The van der Waals surface area contributed by atoms with Gasteiger partial charge in [-0.1, -0.05) is 23.7 Å². The second kappa shape index (κ2) is 8.04. The number of carbonyl (C=O) groups excluding carboxylic acids is 1. The molecule has 0 fully saturated rings. The first-order valence-electron chi connectivity index (χ1n) is 9.45. The van der Waals surface area contributed by atoms with Crippen molar-refractivity contribution in [3.8, 4) is 10.4 Å². The van der Waals surface area contributed by atoms with Gasteiger partial charge in [0.2, 0.25) is 11.9 Å². The zero-order valence-electron chi connectivity index (χ0n) is 16.8. The van der Waals surface area contributed by atoms with Crippen molar-refractivity contribution in [3.63, 3.8) is 0 Å². The Balaban J connectivity index is 1.48. The summed E-state index contributed by atoms with van der Waals surface area (Å²) in [5, 5.41) is 7.94. The number of fused-ring (bicyclic) bond motifs is 1. The molecular formula is C21H21ClN6OS. The fourth-order valence-corrected chi connectivity index (χ4v) is 4.50. The monoisotopic (exact) mass is 440 g/mol. The Labute approximate surface area is 182 Å². The molecule has 3 N–H and O–H groups in total. The molecule has 30 heavy (non-hydrogen) atoms. The molecular weight excluding hydrogens is 420 g/mol. The van der Waals surface area contributed by atoms with Crippen LogP contribution in [0.25, 0.3) is 16.2 Å². The molecule has 1 unspecified atom stereocenters. The van der Waals surface area contributed by atoms with Gasteiger partial charge in [0.15, 0.2) is 0 Å². The topological polar surface area (TPSA) is 98.2 Å². The summed E-state index contributed by atoms with van der Waals surface area (Å²) in [7, 11) is 0. The maximum Gasteiger partial charge on any atom is 0.254 e. The third-order valence-corrected chi connectivity index (χ3v) is 6.53. The minimum absolute atomic E-state index is 0.0793. The molecule has 1 aromatic carbocycles. The molecule has 1 amide bonds. The summed E-state index contributed by atoms with van der Waals surface area (Å²) >= 11 is 7.62. The number of thiophene rings is 1. The fraction of sp³-hybridized carbons (Fsp3) is 0.238. The summed E-state index contributed by atoms with van der Waals surface area (Å²) in [6.45, 7) is 5.73. The minimum Gasteiger partial charge on any atom is -0.366 e. The molecule has 0 saturated heterocycles. The highest BCUT2D eigenvalue weighted by Crippen LogP contribution is 2.32. The van der Waals surface area contributed by atoms with E-state index in [2.05, 4.69) is 26.4 Å². The number of nitrogens with one attached hydrogen (secondary N) is 1. The Morgan fingerprint density at radius 2 is 1.93 bits per heavy atom. The number of carbonyl (C=O) groups is 1. The Morgan fingerprint density at radius 3 is 2.67 bits per heavy atom. The highest BCUT2D eigenvalue weighted by Gasteiger charge is 2.18. The normalized spacial score (nSPS) is 12.3. The van der Waals surface area contributed by atoms with Crippen molar-refractivity contribution in [3.05, 3.63) is 63.2 Å². The van der Waals surface area contributed by atoms with E-state index in [4.69, 9.17) is 17.3 Å². The van der Waals surface area contributed by atoms with E-state index in [9.17, 15) is 4.79 Å². The number of nitrogens with zero attached hydrogens (tertiary/aromatic N) is 4. The van der Waals surface area contributed by atoms with Crippen LogP contribution in [0.4, 0.5) is 5.95 Å². The summed E-state index contributed by atoms with van der Waals surface area (Å²) in [4.78, 5) is 23.5. The van der Waals surface area contributed by atoms with Crippen LogP contribution in [-0.4, -0.2) is 25.5 Å². The van der Waals surface area contributed by atoms with Crippen LogP contribution in [0.2, 0.25) is 5.02 Å². The van der Waals surface area contributed by atoms with Crippen molar-refractivity contribution >= 4 is 40.6 Å². The summed E-state index contributed by atoms with van der Waals surface area (Å²) in [5.41, 5.74) is 9.16. The summed E-state index contributed by atoms with van der Waals surface area (Å²) in [6.07, 6.45) is 0.208. The third kappa shape index (κ3) is 4.01. The van der Waals surface area contributed by atoms with Gasteiger partial charge in [-0.3, -0.25) is 4.79 Å². The number of rotatable bonds is 5. The second-order valence-electron chi connectivity index (χ2n) is 7.12. The molecule has 0 spiro atoms. The second-order valence-corrected chi connectivity index (χ2v) is 8.67. The largest absolute Gasteiger partial charge is 0.366 e. The molecule has 7 nitrogen and oxygen atoms in total. The standard InChI is InChI=1S/C21H21ClN6OS/c1-11-16(13(3)28-21(25-11)26-20(23)27-28)10-19(29)24-12(2)17-8-9-18(30-17)14-4-6-15(22)7-5-14/h4-9,12H,10H2,1-3H3,(H2,23,27)(H,24,29). The van der Waals surface area contributed by atoms with Crippen LogP contribution in [0.3, 0.4) is 0 Å². The van der Waals surface area contributed by atoms with E-state index < -0.39 is 0 Å². The average molecular weight is 441 g/mol. The van der Waals surface area contributed by atoms with Crippen LogP contribution < -0.4 is 11.1 Å². The number of nitrogen functional groups attached to an aromatic ring is 1. The number of hydrogen-bond donors (Lipinski definition) is 2. The highest BCUT2D eigenvalue weighted by atomic mass is 35.5. The maximum atomic E-state index is 12.7. The van der Waals surface area contributed by atoms with E-state index in [0.717, 1.165) is 32.3 Å². The van der Waals surface area contributed by atoms with Gasteiger partial charge >= 0.3 is 0 Å². The van der Waals surface area contributed by atoms with E-state index in [1.165, 1.54) is 0 Å².